The molecule has 1 amide bonds. The highest BCUT2D eigenvalue weighted by atomic mass is 16.1. The zero-order valence-electron chi connectivity index (χ0n) is 18.0. The van der Waals surface area contributed by atoms with E-state index in [1.54, 1.807) is 26.2 Å². The fourth-order valence-corrected chi connectivity index (χ4v) is 3.77. The van der Waals surface area contributed by atoms with E-state index in [1.165, 1.54) is 5.57 Å². The summed E-state index contributed by atoms with van der Waals surface area (Å²) >= 11 is 0. The van der Waals surface area contributed by atoms with Gasteiger partial charge in [0.05, 0.1) is 17.0 Å². The van der Waals surface area contributed by atoms with E-state index < -0.39 is 0 Å². The molecule has 0 bridgehead atoms. The molecule has 0 saturated heterocycles. The molecule has 0 radical (unpaired) electrons. The highest BCUT2D eigenvalue weighted by Crippen LogP contribution is 2.28. The molecule has 0 atom stereocenters. The predicted molar refractivity (Wildman–Crippen MR) is 124 cm³/mol. The van der Waals surface area contributed by atoms with Gasteiger partial charge in [-0.05, 0) is 48.3 Å². The van der Waals surface area contributed by atoms with Crippen LogP contribution in [-0.4, -0.2) is 46.9 Å². The van der Waals surface area contributed by atoms with Crippen molar-refractivity contribution in [3.8, 4) is 11.8 Å². The standard InChI is InChI=1S/C25H23N5O2/c1-3-4-19-12-22-23(29-24(19)16-31)11-17(13-27-22)15-30-9-7-18(8-10-30)20-5-6-21(28-14-20)25(32)26-2/h5-7,11-14,29H,8-10,15H2,1-2H3,(H,26,32). The van der Waals surface area contributed by atoms with E-state index in [-0.39, 0.29) is 5.91 Å². The highest BCUT2D eigenvalue weighted by molar-refractivity contribution is 5.92. The lowest BCUT2D eigenvalue weighted by molar-refractivity contribution is 0.0958. The summed E-state index contributed by atoms with van der Waals surface area (Å²) in [6.07, 6.45) is 8.54. The largest absolute Gasteiger partial charge is 0.354 e. The van der Waals surface area contributed by atoms with E-state index in [9.17, 15) is 9.59 Å². The minimum absolute atomic E-state index is 0.186. The molecule has 2 aliphatic heterocycles. The van der Waals surface area contributed by atoms with Crippen LogP contribution in [0, 0.1) is 11.8 Å². The van der Waals surface area contributed by atoms with Gasteiger partial charge in [-0.3, -0.25) is 19.7 Å². The van der Waals surface area contributed by atoms with Crippen molar-refractivity contribution in [2.24, 2.45) is 0 Å². The lowest BCUT2D eigenvalue weighted by Gasteiger charge is -2.27. The van der Waals surface area contributed by atoms with E-state index in [4.69, 9.17) is 0 Å². The van der Waals surface area contributed by atoms with Crippen molar-refractivity contribution in [3.05, 3.63) is 70.5 Å². The Kier molecular flexibility index (Phi) is 6.27. The van der Waals surface area contributed by atoms with E-state index in [1.807, 2.05) is 30.3 Å². The summed E-state index contributed by atoms with van der Waals surface area (Å²) in [6, 6.07) is 5.72. The Balaban J connectivity index is 1.43. The van der Waals surface area contributed by atoms with Crippen LogP contribution in [0.15, 0.2) is 47.9 Å². The summed E-state index contributed by atoms with van der Waals surface area (Å²) in [7, 11) is 1.59. The van der Waals surface area contributed by atoms with Crippen LogP contribution in [0.3, 0.4) is 0 Å². The SMILES string of the molecule is CC#CC1=Cc2ncc(CN3CC=C(c4ccc(C(=O)NC)nc4)CC3)cc2NC1=C=O. The van der Waals surface area contributed by atoms with Crippen LogP contribution in [0.2, 0.25) is 0 Å². The maximum absolute atomic E-state index is 11.7. The number of aromatic nitrogens is 2. The number of amides is 1. The Labute approximate surface area is 187 Å². The summed E-state index contributed by atoms with van der Waals surface area (Å²) in [5.41, 5.74) is 6.25. The normalized spacial score (nSPS) is 15.2. The summed E-state index contributed by atoms with van der Waals surface area (Å²) in [4.78, 5) is 34.1. The van der Waals surface area contributed by atoms with Crippen molar-refractivity contribution in [2.75, 3.05) is 25.5 Å². The van der Waals surface area contributed by atoms with Crippen LogP contribution in [0.1, 0.15) is 40.7 Å². The first-order chi connectivity index (χ1) is 15.6. The van der Waals surface area contributed by atoms with Gasteiger partial charge in [0.15, 0.2) is 5.94 Å². The lowest BCUT2D eigenvalue weighted by Crippen LogP contribution is -2.28. The molecule has 0 saturated carbocycles. The molecule has 160 valence electrons. The smallest absolute Gasteiger partial charge is 0.269 e. The summed E-state index contributed by atoms with van der Waals surface area (Å²) in [6.45, 7) is 4.20. The van der Waals surface area contributed by atoms with Crippen molar-refractivity contribution in [1.29, 1.82) is 0 Å². The molecule has 0 aliphatic carbocycles. The van der Waals surface area contributed by atoms with Crippen LogP contribution in [0.5, 0.6) is 0 Å². The third-order valence-electron chi connectivity index (χ3n) is 5.44. The molecule has 4 heterocycles. The van der Waals surface area contributed by atoms with Crippen LogP contribution < -0.4 is 10.6 Å². The predicted octanol–water partition coefficient (Wildman–Crippen LogP) is 2.67. The van der Waals surface area contributed by atoms with Crippen LogP contribution in [0.4, 0.5) is 5.69 Å². The quantitative estimate of drug-likeness (QED) is 0.579. The van der Waals surface area contributed by atoms with Gasteiger partial charge in [-0.25, -0.2) is 4.79 Å². The lowest BCUT2D eigenvalue weighted by atomic mass is 10.0. The van der Waals surface area contributed by atoms with Gasteiger partial charge in [-0.2, -0.15) is 0 Å². The van der Waals surface area contributed by atoms with E-state index in [0.29, 0.717) is 17.0 Å². The number of nitrogens with zero attached hydrogens (tertiary/aromatic N) is 3. The number of fused-ring (bicyclic) bond motifs is 1. The first-order valence-corrected chi connectivity index (χ1v) is 10.4. The summed E-state index contributed by atoms with van der Waals surface area (Å²) in [5, 5.41) is 5.68. The molecular weight excluding hydrogens is 402 g/mol. The van der Waals surface area contributed by atoms with Gasteiger partial charge >= 0.3 is 0 Å². The van der Waals surface area contributed by atoms with E-state index in [0.717, 1.165) is 48.6 Å². The Morgan fingerprint density at radius 3 is 2.81 bits per heavy atom. The van der Waals surface area contributed by atoms with Gasteiger partial charge in [0.2, 0.25) is 0 Å². The Hall–Kier alpha value is -3.98. The third kappa shape index (κ3) is 4.52. The second-order valence-electron chi connectivity index (χ2n) is 7.54. The molecule has 0 spiro atoms. The molecule has 0 fully saturated rings. The molecule has 7 nitrogen and oxygen atoms in total. The van der Waals surface area contributed by atoms with Crippen molar-refractivity contribution in [1.82, 2.24) is 20.2 Å². The molecular formula is C25H23N5O2. The Bertz CT molecular complexity index is 1230. The van der Waals surface area contributed by atoms with Gasteiger partial charge in [0.25, 0.3) is 5.91 Å². The van der Waals surface area contributed by atoms with E-state index in [2.05, 4.69) is 43.4 Å². The van der Waals surface area contributed by atoms with Gasteiger partial charge in [0.1, 0.15) is 11.4 Å². The van der Waals surface area contributed by atoms with Crippen molar-refractivity contribution >= 4 is 29.2 Å². The van der Waals surface area contributed by atoms with Crippen LogP contribution >= 0.6 is 0 Å². The van der Waals surface area contributed by atoms with Crippen molar-refractivity contribution in [3.63, 3.8) is 0 Å². The first kappa shape index (κ1) is 21.3. The fraction of sp³-hybridized carbons (Fsp3) is 0.240. The monoisotopic (exact) mass is 425 g/mol. The number of hydrogen-bond acceptors (Lipinski definition) is 6. The maximum atomic E-state index is 11.7. The molecule has 0 aromatic carbocycles. The molecule has 32 heavy (non-hydrogen) atoms. The number of nitrogens with one attached hydrogen (secondary N) is 2. The average Bonchev–Trinajstić information content (AvgIpc) is 2.84. The number of carbonyl (C=O) groups excluding carboxylic acids is 2. The average molecular weight is 425 g/mol. The fourth-order valence-electron chi connectivity index (χ4n) is 3.77. The van der Waals surface area contributed by atoms with Gasteiger partial charge in [0, 0.05) is 39.1 Å². The minimum Gasteiger partial charge on any atom is -0.354 e. The zero-order valence-corrected chi connectivity index (χ0v) is 18.0. The molecule has 7 heteroatoms. The van der Waals surface area contributed by atoms with Gasteiger partial charge in [-0.15, -0.1) is 5.92 Å². The maximum Gasteiger partial charge on any atom is 0.269 e. The minimum atomic E-state index is -0.186. The van der Waals surface area contributed by atoms with Crippen LogP contribution in [0.25, 0.3) is 11.6 Å². The zero-order chi connectivity index (χ0) is 22.5. The third-order valence-corrected chi connectivity index (χ3v) is 5.44. The number of pyridine rings is 2. The molecule has 2 N–H and O–H groups in total. The number of rotatable bonds is 4. The molecule has 2 aromatic rings. The topological polar surface area (TPSA) is 87.2 Å². The van der Waals surface area contributed by atoms with Gasteiger partial charge in [-0.1, -0.05) is 18.1 Å². The molecule has 2 aromatic heterocycles. The summed E-state index contributed by atoms with van der Waals surface area (Å²) in [5.74, 6) is 7.45. The first-order valence-electron chi connectivity index (χ1n) is 10.4. The van der Waals surface area contributed by atoms with Crippen molar-refractivity contribution in [2.45, 2.75) is 19.9 Å². The van der Waals surface area contributed by atoms with E-state index >= 15 is 0 Å². The second kappa shape index (κ2) is 9.44. The van der Waals surface area contributed by atoms with Crippen LogP contribution in [-0.2, 0) is 11.3 Å². The Morgan fingerprint density at radius 2 is 2.16 bits per heavy atom. The Morgan fingerprint density at radius 1 is 1.28 bits per heavy atom. The number of anilines is 1. The second-order valence-corrected chi connectivity index (χ2v) is 7.54. The number of carbonyl (C=O) groups is 1. The highest BCUT2D eigenvalue weighted by Gasteiger charge is 2.18. The number of allylic oxidation sites excluding steroid dienone is 1. The molecule has 4 rings (SSSR count). The molecule has 2 aliphatic rings. The van der Waals surface area contributed by atoms with Gasteiger partial charge < -0.3 is 10.6 Å². The van der Waals surface area contributed by atoms with Crippen molar-refractivity contribution < 1.29 is 9.59 Å². The summed E-state index contributed by atoms with van der Waals surface area (Å²) < 4.78 is 0. The number of hydrogen-bond donors (Lipinski definition) is 2. The molecule has 0 unspecified atom stereocenters.